The molecule has 0 atom stereocenters. The van der Waals surface area contributed by atoms with Crippen molar-refractivity contribution in [3.05, 3.63) is 59.4 Å². The molecule has 1 fully saturated rings. The average Bonchev–Trinajstić information content (AvgIpc) is 2.68. The largest absolute Gasteiger partial charge is 0.325 e. The zero-order chi connectivity index (χ0) is 19.9. The Bertz CT molecular complexity index is 854. The lowest BCUT2D eigenvalue weighted by molar-refractivity contribution is -0.113. The zero-order valence-corrected chi connectivity index (χ0v) is 17.4. The van der Waals surface area contributed by atoms with Gasteiger partial charge in [-0.25, -0.2) is 4.39 Å². The van der Waals surface area contributed by atoms with Crippen LogP contribution in [0.25, 0.3) is 0 Å². The highest BCUT2D eigenvalue weighted by molar-refractivity contribution is 8.00. The summed E-state index contributed by atoms with van der Waals surface area (Å²) in [6.07, 6.45) is 0. The van der Waals surface area contributed by atoms with Crippen LogP contribution in [0.4, 0.5) is 10.1 Å². The Hall–Kier alpha value is -1.83. The van der Waals surface area contributed by atoms with E-state index in [1.54, 1.807) is 12.1 Å². The van der Waals surface area contributed by atoms with E-state index >= 15 is 0 Å². The molecule has 3 rings (SSSR count). The Labute approximate surface area is 173 Å². The van der Waals surface area contributed by atoms with E-state index in [-0.39, 0.29) is 17.4 Å². The standard InChI is InChI=1S/C21H23FN2O2S2/c1-15(25)17-5-6-20(19(22)12-17)28-14-21(26)23-18-4-2-3-16(11-18)13-24-7-9-27-10-8-24/h2-6,11-12H,7-10,13-14H2,1H3,(H,23,26). The molecule has 1 N–H and O–H groups in total. The second-order valence-corrected chi connectivity index (χ2v) is 8.87. The van der Waals surface area contributed by atoms with Gasteiger partial charge < -0.3 is 5.32 Å². The maximum atomic E-state index is 14.1. The van der Waals surface area contributed by atoms with Crippen LogP contribution in [0, 0.1) is 5.82 Å². The van der Waals surface area contributed by atoms with Gasteiger partial charge in [-0.1, -0.05) is 18.2 Å². The summed E-state index contributed by atoms with van der Waals surface area (Å²) >= 11 is 3.10. The summed E-state index contributed by atoms with van der Waals surface area (Å²) in [4.78, 5) is 26.3. The number of halogens is 1. The molecule has 28 heavy (non-hydrogen) atoms. The minimum atomic E-state index is -0.479. The van der Waals surface area contributed by atoms with Crippen molar-refractivity contribution in [2.24, 2.45) is 0 Å². The summed E-state index contributed by atoms with van der Waals surface area (Å²) in [7, 11) is 0. The van der Waals surface area contributed by atoms with Crippen LogP contribution in [0.2, 0.25) is 0 Å². The van der Waals surface area contributed by atoms with E-state index in [2.05, 4.69) is 16.3 Å². The molecule has 1 amide bonds. The van der Waals surface area contributed by atoms with Gasteiger partial charge in [-0.05, 0) is 36.8 Å². The zero-order valence-electron chi connectivity index (χ0n) is 15.7. The molecule has 7 heteroatoms. The summed E-state index contributed by atoms with van der Waals surface area (Å²) in [5, 5.41) is 2.88. The van der Waals surface area contributed by atoms with Crippen LogP contribution in [0.5, 0.6) is 0 Å². The monoisotopic (exact) mass is 418 g/mol. The Balaban J connectivity index is 1.53. The number of nitrogens with one attached hydrogen (secondary N) is 1. The number of ketones is 1. The fraction of sp³-hybridized carbons (Fsp3) is 0.333. The van der Waals surface area contributed by atoms with E-state index in [1.165, 1.54) is 18.6 Å². The summed E-state index contributed by atoms with van der Waals surface area (Å²) in [5.74, 6) is 1.58. The van der Waals surface area contributed by atoms with Crippen molar-refractivity contribution in [1.29, 1.82) is 0 Å². The Morgan fingerprint density at radius 2 is 1.96 bits per heavy atom. The first-order valence-corrected chi connectivity index (χ1v) is 11.3. The van der Waals surface area contributed by atoms with Crippen molar-refractivity contribution in [2.45, 2.75) is 18.4 Å². The number of nitrogens with zero attached hydrogens (tertiary/aromatic N) is 1. The predicted molar refractivity (Wildman–Crippen MR) is 115 cm³/mol. The first-order valence-electron chi connectivity index (χ1n) is 9.13. The smallest absolute Gasteiger partial charge is 0.234 e. The van der Waals surface area contributed by atoms with E-state index in [9.17, 15) is 14.0 Å². The average molecular weight is 419 g/mol. The number of hydrogen-bond acceptors (Lipinski definition) is 5. The lowest BCUT2D eigenvalue weighted by Gasteiger charge is -2.26. The highest BCUT2D eigenvalue weighted by Gasteiger charge is 2.12. The molecule has 2 aromatic rings. The molecule has 0 aliphatic carbocycles. The molecule has 1 aliphatic rings. The lowest BCUT2D eigenvalue weighted by Crippen LogP contribution is -2.31. The van der Waals surface area contributed by atoms with Crippen molar-refractivity contribution in [1.82, 2.24) is 4.90 Å². The molecule has 0 bridgehead atoms. The quantitative estimate of drug-likeness (QED) is 0.536. The first kappa shape index (κ1) is 20.9. The molecule has 0 saturated carbocycles. The SMILES string of the molecule is CC(=O)c1ccc(SCC(=O)Nc2cccc(CN3CCSCC3)c2)c(F)c1. The van der Waals surface area contributed by atoms with Crippen molar-refractivity contribution >= 4 is 40.9 Å². The van der Waals surface area contributed by atoms with Crippen LogP contribution in [0.3, 0.4) is 0 Å². The first-order chi connectivity index (χ1) is 13.5. The van der Waals surface area contributed by atoms with Crippen molar-refractivity contribution in [3.8, 4) is 0 Å². The van der Waals surface area contributed by atoms with Gasteiger partial charge in [0.15, 0.2) is 5.78 Å². The molecular weight excluding hydrogens is 395 g/mol. The molecule has 148 valence electrons. The molecule has 1 aliphatic heterocycles. The van der Waals surface area contributed by atoms with Gasteiger partial charge in [-0.15, -0.1) is 11.8 Å². The Morgan fingerprint density at radius 3 is 2.68 bits per heavy atom. The van der Waals surface area contributed by atoms with E-state index in [1.807, 2.05) is 30.0 Å². The highest BCUT2D eigenvalue weighted by Crippen LogP contribution is 2.23. The van der Waals surface area contributed by atoms with Gasteiger partial charge in [-0.3, -0.25) is 14.5 Å². The van der Waals surface area contributed by atoms with E-state index in [0.717, 1.165) is 48.6 Å². The van der Waals surface area contributed by atoms with Gasteiger partial charge >= 0.3 is 0 Å². The normalized spacial score (nSPS) is 14.6. The number of benzene rings is 2. The maximum absolute atomic E-state index is 14.1. The minimum Gasteiger partial charge on any atom is -0.325 e. The van der Waals surface area contributed by atoms with Gasteiger partial charge in [0.1, 0.15) is 5.82 Å². The third-order valence-electron chi connectivity index (χ3n) is 4.42. The lowest BCUT2D eigenvalue weighted by atomic mass is 10.1. The summed E-state index contributed by atoms with van der Waals surface area (Å²) in [6.45, 7) is 4.46. The number of rotatable bonds is 7. The van der Waals surface area contributed by atoms with Crippen molar-refractivity contribution < 1.29 is 14.0 Å². The molecule has 2 aromatic carbocycles. The molecule has 0 spiro atoms. The molecule has 1 heterocycles. The Kier molecular flexibility index (Phi) is 7.53. The van der Waals surface area contributed by atoms with Crippen molar-refractivity contribution in [3.63, 3.8) is 0 Å². The topological polar surface area (TPSA) is 49.4 Å². The van der Waals surface area contributed by atoms with Crippen LogP contribution >= 0.6 is 23.5 Å². The molecule has 1 saturated heterocycles. The molecule has 0 aromatic heterocycles. The third kappa shape index (κ3) is 6.09. The second kappa shape index (κ2) is 10.1. The predicted octanol–water partition coefficient (Wildman–Crippen LogP) is 4.31. The van der Waals surface area contributed by atoms with Gasteiger partial charge in [-0.2, -0.15) is 11.8 Å². The van der Waals surface area contributed by atoms with Gasteiger partial charge in [0, 0.05) is 47.3 Å². The van der Waals surface area contributed by atoms with Crippen LogP contribution in [0.1, 0.15) is 22.8 Å². The van der Waals surface area contributed by atoms with Crippen LogP contribution in [-0.2, 0) is 11.3 Å². The van der Waals surface area contributed by atoms with Crippen LogP contribution in [0.15, 0.2) is 47.4 Å². The van der Waals surface area contributed by atoms with Crippen molar-refractivity contribution in [2.75, 3.05) is 35.7 Å². The second-order valence-electron chi connectivity index (χ2n) is 6.63. The number of hydrogen-bond donors (Lipinski definition) is 1. The third-order valence-corrected chi connectivity index (χ3v) is 6.41. The highest BCUT2D eigenvalue weighted by atomic mass is 32.2. The van der Waals surface area contributed by atoms with Crippen LogP contribution in [-0.4, -0.2) is 46.9 Å². The van der Waals surface area contributed by atoms with E-state index in [0.29, 0.717) is 10.5 Å². The molecular formula is C21H23FN2O2S2. The molecule has 0 radical (unpaired) electrons. The number of Topliss-reactive ketones (excluding diaryl/α,β-unsaturated/α-hetero) is 1. The van der Waals surface area contributed by atoms with Gasteiger partial charge in [0.2, 0.25) is 5.91 Å². The minimum absolute atomic E-state index is 0.101. The number of carbonyl (C=O) groups is 2. The Morgan fingerprint density at radius 1 is 1.18 bits per heavy atom. The number of anilines is 1. The summed E-state index contributed by atoms with van der Waals surface area (Å²) in [5.41, 5.74) is 2.25. The number of amides is 1. The number of thioether (sulfide) groups is 2. The summed E-state index contributed by atoms with van der Waals surface area (Å²) < 4.78 is 14.1. The number of carbonyl (C=O) groups excluding carboxylic acids is 2. The van der Waals surface area contributed by atoms with Gasteiger partial charge in [0.05, 0.1) is 5.75 Å². The molecule has 0 unspecified atom stereocenters. The van der Waals surface area contributed by atoms with E-state index in [4.69, 9.17) is 0 Å². The fourth-order valence-corrected chi connectivity index (χ4v) is 4.64. The maximum Gasteiger partial charge on any atom is 0.234 e. The molecule has 4 nitrogen and oxygen atoms in total. The van der Waals surface area contributed by atoms with Crippen LogP contribution < -0.4 is 5.32 Å². The summed E-state index contributed by atoms with van der Waals surface area (Å²) in [6, 6.07) is 12.2. The van der Waals surface area contributed by atoms with E-state index < -0.39 is 5.82 Å². The fourth-order valence-electron chi connectivity index (χ4n) is 2.94. The van der Waals surface area contributed by atoms with Gasteiger partial charge in [0.25, 0.3) is 0 Å².